The van der Waals surface area contributed by atoms with Gasteiger partial charge in [0.1, 0.15) is 5.54 Å². The van der Waals surface area contributed by atoms with E-state index in [1.165, 1.54) is 0 Å². The smallest absolute Gasteiger partial charge is 0.323 e. The van der Waals surface area contributed by atoms with Gasteiger partial charge < -0.3 is 10.4 Å². The fourth-order valence-electron chi connectivity index (χ4n) is 1.96. The summed E-state index contributed by atoms with van der Waals surface area (Å²) in [6.45, 7) is 5.11. The zero-order valence-corrected chi connectivity index (χ0v) is 9.18. The molecule has 3 nitrogen and oxygen atoms in total. The van der Waals surface area contributed by atoms with Crippen LogP contribution in [0.5, 0.6) is 0 Å². The lowest BCUT2D eigenvalue weighted by Crippen LogP contribution is -2.51. The van der Waals surface area contributed by atoms with Gasteiger partial charge in [0, 0.05) is 0 Å². The van der Waals surface area contributed by atoms with E-state index in [2.05, 4.69) is 19.2 Å². The van der Waals surface area contributed by atoms with Crippen LogP contribution in [0.3, 0.4) is 0 Å². The van der Waals surface area contributed by atoms with Gasteiger partial charge in [0.2, 0.25) is 0 Å². The summed E-state index contributed by atoms with van der Waals surface area (Å²) in [6.07, 6.45) is 4.76. The van der Waals surface area contributed by atoms with Crippen molar-refractivity contribution in [1.29, 1.82) is 0 Å². The maximum absolute atomic E-state index is 11.2. The molecule has 1 saturated carbocycles. The van der Waals surface area contributed by atoms with Crippen LogP contribution in [0.2, 0.25) is 0 Å². The standard InChI is InChI=1S/C11H21NO2/c1-3-9(2)8-12-11(10(13)14)6-4-5-7-11/h9,12H,3-8H2,1-2H3,(H,13,14). The highest BCUT2D eigenvalue weighted by molar-refractivity contribution is 5.79. The molecular formula is C11H21NO2. The van der Waals surface area contributed by atoms with Gasteiger partial charge in [-0.05, 0) is 25.3 Å². The largest absolute Gasteiger partial charge is 0.480 e. The van der Waals surface area contributed by atoms with Gasteiger partial charge in [-0.25, -0.2) is 0 Å². The van der Waals surface area contributed by atoms with Gasteiger partial charge in [-0.1, -0.05) is 33.1 Å². The molecule has 0 spiro atoms. The van der Waals surface area contributed by atoms with Crippen LogP contribution in [0, 0.1) is 5.92 Å². The third kappa shape index (κ3) is 2.47. The van der Waals surface area contributed by atoms with Gasteiger partial charge >= 0.3 is 5.97 Å². The van der Waals surface area contributed by atoms with Crippen molar-refractivity contribution in [2.24, 2.45) is 5.92 Å². The van der Waals surface area contributed by atoms with Crippen molar-refractivity contribution >= 4 is 5.97 Å². The Morgan fingerprint density at radius 1 is 1.50 bits per heavy atom. The highest BCUT2D eigenvalue weighted by Gasteiger charge is 2.40. The number of carboxylic acid groups (broad SMARTS) is 1. The molecule has 2 N–H and O–H groups in total. The first-order valence-electron chi connectivity index (χ1n) is 5.59. The first kappa shape index (κ1) is 11.5. The Balaban J connectivity index is 2.48. The fraction of sp³-hybridized carbons (Fsp3) is 0.909. The zero-order chi connectivity index (χ0) is 10.6. The van der Waals surface area contributed by atoms with Gasteiger partial charge in [0.15, 0.2) is 0 Å². The predicted molar refractivity (Wildman–Crippen MR) is 56.3 cm³/mol. The average Bonchev–Trinajstić information content (AvgIpc) is 2.64. The number of rotatable bonds is 5. The summed E-state index contributed by atoms with van der Waals surface area (Å²) in [5.74, 6) is -0.106. The van der Waals surface area contributed by atoms with Crippen molar-refractivity contribution in [2.75, 3.05) is 6.54 Å². The van der Waals surface area contributed by atoms with E-state index in [1.807, 2.05) is 0 Å². The fourth-order valence-corrected chi connectivity index (χ4v) is 1.96. The van der Waals surface area contributed by atoms with Crippen LogP contribution >= 0.6 is 0 Å². The molecule has 1 rings (SSSR count). The van der Waals surface area contributed by atoms with Gasteiger partial charge in [-0.2, -0.15) is 0 Å². The third-order valence-corrected chi connectivity index (χ3v) is 3.35. The molecule has 0 amide bonds. The van der Waals surface area contributed by atoms with E-state index in [1.54, 1.807) is 0 Å². The topological polar surface area (TPSA) is 49.3 Å². The van der Waals surface area contributed by atoms with E-state index in [0.717, 1.165) is 38.6 Å². The first-order chi connectivity index (χ1) is 6.60. The van der Waals surface area contributed by atoms with Crippen LogP contribution < -0.4 is 5.32 Å². The SMILES string of the molecule is CCC(C)CNC1(C(=O)O)CCCC1. The molecule has 82 valence electrons. The zero-order valence-electron chi connectivity index (χ0n) is 9.18. The Bertz CT molecular complexity index is 197. The highest BCUT2D eigenvalue weighted by atomic mass is 16.4. The molecule has 1 aliphatic carbocycles. The molecule has 0 saturated heterocycles. The molecule has 0 aromatic heterocycles. The maximum Gasteiger partial charge on any atom is 0.323 e. The van der Waals surface area contributed by atoms with E-state index >= 15 is 0 Å². The van der Waals surface area contributed by atoms with Crippen LogP contribution in [0.4, 0.5) is 0 Å². The molecule has 0 aromatic rings. The molecule has 14 heavy (non-hydrogen) atoms. The van der Waals surface area contributed by atoms with Crippen LogP contribution in [-0.2, 0) is 4.79 Å². The molecular weight excluding hydrogens is 178 g/mol. The number of carbonyl (C=O) groups is 1. The van der Waals surface area contributed by atoms with Gasteiger partial charge in [-0.15, -0.1) is 0 Å². The Labute approximate surface area is 85.9 Å². The molecule has 1 fully saturated rings. The molecule has 1 aliphatic rings. The maximum atomic E-state index is 11.2. The summed E-state index contributed by atoms with van der Waals surface area (Å²) in [7, 11) is 0. The Hall–Kier alpha value is -0.570. The summed E-state index contributed by atoms with van der Waals surface area (Å²) < 4.78 is 0. The Kier molecular flexibility index (Phi) is 3.93. The van der Waals surface area contributed by atoms with Crippen molar-refractivity contribution in [3.8, 4) is 0 Å². The first-order valence-corrected chi connectivity index (χ1v) is 5.59. The third-order valence-electron chi connectivity index (χ3n) is 3.35. The van der Waals surface area contributed by atoms with Crippen LogP contribution in [0.25, 0.3) is 0 Å². The van der Waals surface area contributed by atoms with Crippen LogP contribution in [0.15, 0.2) is 0 Å². The number of nitrogens with one attached hydrogen (secondary N) is 1. The molecule has 0 bridgehead atoms. The van der Waals surface area contributed by atoms with Crippen molar-refractivity contribution in [3.05, 3.63) is 0 Å². The normalized spacial score (nSPS) is 22.1. The monoisotopic (exact) mass is 199 g/mol. The summed E-state index contributed by atoms with van der Waals surface area (Å²) in [5.41, 5.74) is -0.608. The molecule has 0 aromatic carbocycles. The van der Waals surface area contributed by atoms with Gasteiger partial charge in [0.05, 0.1) is 0 Å². The summed E-state index contributed by atoms with van der Waals surface area (Å²) in [5, 5.41) is 12.4. The number of hydrogen-bond acceptors (Lipinski definition) is 2. The number of hydrogen-bond donors (Lipinski definition) is 2. The lowest BCUT2D eigenvalue weighted by molar-refractivity contribution is -0.144. The lowest BCUT2D eigenvalue weighted by Gasteiger charge is -2.27. The Morgan fingerprint density at radius 2 is 2.07 bits per heavy atom. The van der Waals surface area contributed by atoms with Crippen molar-refractivity contribution in [1.82, 2.24) is 5.32 Å². The summed E-state index contributed by atoms with van der Waals surface area (Å²) in [4.78, 5) is 11.2. The predicted octanol–water partition coefficient (Wildman–Crippen LogP) is 2.02. The summed E-state index contributed by atoms with van der Waals surface area (Å²) >= 11 is 0. The number of aliphatic carboxylic acids is 1. The minimum absolute atomic E-state index is 0.562. The minimum atomic E-state index is -0.668. The van der Waals surface area contributed by atoms with Crippen LogP contribution in [0.1, 0.15) is 46.0 Å². The molecule has 0 aliphatic heterocycles. The lowest BCUT2D eigenvalue weighted by atomic mass is 9.96. The second kappa shape index (κ2) is 4.78. The van der Waals surface area contributed by atoms with E-state index in [-0.39, 0.29) is 0 Å². The quantitative estimate of drug-likeness (QED) is 0.712. The molecule has 1 atom stereocenters. The second-order valence-electron chi connectivity index (χ2n) is 4.49. The molecule has 0 radical (unpaired) electrons. The summed E-state index contributed by atoms with van der Waals surface area (Å²) in [6, 6.07) is 0. The van der Waals surface area contributed by atoms with E-state index in [4.69, 9.17) is 0 Å². The molecule has 3 heteroatoms. The van der Waals surface area contributed by atoms with E-state index in [9.17, 15) is 9.90 Å². The second-order valence-corrected chi connectivity index (χ2v) is 4.49. The Morgan fingerprint density at radius 3 is 2.50 bits per heavy atom. The van der Waals surface area contributed by atoms with Gasteiger partial charge in [-0.3, -0.25) is 4.79 Å². The van der Waals surface area contributed by atoms with Crippen molar-refractivity contribution in [2.45, 2.75) is 51.5 Å². The van der Waals surface area contributed by atoms with E-state index < -0.39 is 11.5 Å². The average molecular weight is 199 g/mol. The van der Waals surface area contributed by atoms with E-state index in [0.29, 0.717) is 5.92 Å². The van der Waals surface area contributed by atoms with Crippen LogP contribution in [-0.4, -0.2) is 23.2 Å². The molecule has 0 heterocycles. The van der Waals surface area contributed by atoms with Gasteiger partial charge in [0.25, 0.3) is 0 Å². The molecule has 1 unspecified atom stereocenters. The van der Waals surface area contributed by atoms with Crippen molar-refractivity contribution < 1.29 is 9.90 Å². The number of carboxylic acids is 1. The highest BCUT2D eigenvalue weighted by Crippen LogP contribution is 2.30. The minimum Gasteiger partial charge on any atom is -0.480 e. The van der Waals surface area contributed by atoms with Crippen molar-refractivity contribution in [3.63, 3.8) is 0 Å².